The van der Waals surface area contributed by atoms with Crippen molar-refractivity contribution in [3.8, 4) is 0 Å². The zero-order chi connectivity index (χ0) is 31.7. The van der Waals surface area contributed by atoms with Crippen molar-refractivity contribution in [1.29, 1.82) is 0 Å². The molecule has 0 bridgehead atoms. The van der Waals surface area contributed by atoms with Gasteiger partial charge < -0.3 is 9.80 Å². The minimum absolute atomic E-state index is 0.243. The first-order valence-corrected chi connectivity index (χ1v) is 14.8. The predicted molar refractivity (Wildman–Crippen MR) is 185 cm³/mol. The second-order valence-electron chi connectivity index (χ2n) is 11.7. The highest BCUT2D eigenvalue weighted by atomic mass is 19.2. The van der Waals surface area contributed by atoms with Crippen molar-refractivity contribution in [2.45, 2.75) is 0 Å². The molecule has 45 heavy (non-hydrogen) atoms. The number of benzene rings is 4. The average Bonchev–Trinajstić information content (AvgIpc) is 3.62. The number of hydrogen-bond acceptors (Lipinski definition) is 3. The van der Waals surface area contributed by atoms with E-state index in [1.165, 1.54) is 7.05 Å². The summed E-state index contributed by atoms with van der Waals surface area (Å²) in [4.78, 5) is 14.1. The van der Waals surface area contributed by atoms with Gasteiger partial charge in [-0.2, -0.15) is 4.99 Å². The quantitative estimate of drug-likeness (QED) is 0.193. The number of amidine groups is 1. The van der Waals surface area contributed by atoms with Crippen molar-refractivity contribution in [1.82, 2.24) is 0 Å². The highest BCUT2D eigenvalue weighted by Crippen LogP contribution is 2.46. The predicted octanol–water partition coefficient (Wildman–Crippen LogP) is 7.90. The summed E-state index contributed by atoms with van der Waals surface area (Å²) in [6.07, 6.45) is 3.86. The fourth-order valence-electron chi connectivity index (χ4n) is 5.68. The van der Waals surface area contributed by atoms with Crippen molar-refractivity contribution < 1.29 is 13.0 Å². The van der Waals surface area contributed by atoms with Crippen LogP contribution >= 0.6 is 0 Å². The first kappa shape index (κ1) is 30.0. The molecule has 2 heterocycles. The molecule has 4 aromatic carbocycles. The van der Waals surface area contributed by atoms with E-state index >= 15 is 8.63 Å². The van der Waals surface area contributed by atoms with E-state index in [-0.39, 0.29) is 5.82 Å². The van der Waals surface area contributed by atoms with Gasteiger partial charge in [0.25, 0.3) is 0 Å². The molecule has 0 fully saturated rings. The molecule has 0 N–H and O–H groups in total. The molecule has 8 heteroatoms. The largest absolute Gasteiger partial charge is 0.855 e. The molecule has 0 amide bonds. The second kappa shape index (κ2) is 12.1. The molecule has 0 radical (unpaired) electrons. The molecule has 224 valence electrons. The first-order chi connectivity index (χ1) is 21.7. The van der Waals surface area contributed by atoms with E-state index in [0.717, 1.165) is 39.3 Å². The standard InChI is InChI=1S/C37H35BF2N5/c1-43(2)30-20-16-28(17-21-30)34-24-32(26-12-8-6-9-13-26)36(41-34)42-37-33(27-14-10-7-11-15-27)25-35(45(37,5)38(39)40)29-18-22-31(23-19-29)44(3)4/h6-25H,1-5H3/q+1/t45-/m0/s1. The number of hydrogen-bond donors (Lipinski definition) is 0. The summed E-state index contributed by atoms with van der Waals surface area (Å²) in [5.41, 5.74) is 8.06. The summed E-state index contributed by atoms with van der Waals surface area (Å²) < 4.78 is 30.2. The number of rotatable bonds is 8. The third-order valence-electron chi connectivity index (χ3n) is 8.34. The molecule has 2 aliphatic heterocycles. The van der Waals surface area contributed by atoms with Gasteiger partial charge in [0.1, 0.15) is 5.70 Å². The minimum Gasteiger partial charge on any atom is -0.378 e. The molecular weight excluding hydrogens is 563 g/mol. The molecule has 2 aliphatic rings. The summed E-state index contributed by atoms with van der Waals surface area (Å²) in [5.74, 6) is 0.645. The second-order valence-corrected chi connectivity index (χ2v) is 11.7. The van der Waals surface area contributed by atoms with E-state index in [9.17, 15) is 0 Å². The van der Waals surface area contributed by atoms with Gasteiger partial charge in [0.05, 0.1) is 18.3 Å². The van der Waals surface area contributed by atoms with Gasteiger partial charge in [-0.3, -0.25) is 0 Å². The molecule has 0 unspecified atom stereocenters. The maximum Gasteiger partial charge on any atom is 0.855 e. The SMILES string of the molecule is CN(C)c1ccc(C2=CC(c3ccccc3)=C(N=C3N=C(c4ccc(N(C)C)cc4)C=C3c3ccccc3)[N@@+]2(C)B(F)F)cc1. The smallest absolute Gasteiger partial charge is 0.378 e. The van der Waals surface area contributed by atoms with Crippen LogP contribution in [0.15, 0.2) is 137 Å². The fraction of sp³-hybridized carbons (Fsp3) is 0.135. The summed E-state index contributed by atoms with van der Waals surface area (Å²) in [7, 11) is 6.66. The number of anilines is 2. The van der Waals surface area contributed by atoms with E-state index in [0.29, 0.717) is 22.7 Å². The zero-order valence-electron chi connectivity index (χ0n) is 26.1. The zero-order valence-corrected chi connectivity index (χ0v) is 26.1. The number of quaternary nitrogens is 1. The van der Waals surface area contributed by atoms with E-state index in [4.69, 9.17) is 9.98 Å². The van der Waals surface area contributed by atoms with Crippen LogP contribution in [-0.4, -0.2) is 58.6 Å². The molecular formula is C37H35BF2N5+. The van der Waals surface area contributed by atoms with Gasteiger partial charge in [0.2, 0.25) is 5.82 Å². The van der Waals surface area contributed by atoms with Gasteiger partial charge in [-0.05, 0) is 53.6 Å². The number of allylic oxidation sites excluding steroid dienone is 3. The Bertz CT molecular complexity index is 1860. The topological polar surface area (TPSA) is 31.2 Å². The van der Waals surface area contributed by atoms with Crippen LogP contribution in [0.5, 0.6) is 0 Å². The van der Waals surface area contributed by atoms with Crippen LogP contribution in [0, 0.1) is 0 Å². The normalized spacial score (nSPS) is 18.6. The first-order valence-electron chi connectivity index (χ1n) is 14.8. The monoisotopic (exact) mass is 598 g/mol. The molecule has 0 saturated carbocycles. The van der Waals surface area contributed by atoms with Crippen LogP contribution in [0.1, 0.15) is 22.3 Å². The van der Waals surface area contributed by atoms with Gasteiger partial charge in [-0.1, -0.05) is 72.8 Å². The summed E-state index contributed by atoms with van der Waals surface area (Å²) in [6.45, 7) is 0. The van der Waals surface area contributed by atoms with Gasteiger partial charge in [-0.15, -0.1) is 0 Å². The Morgan fingerprint density at radius 1 is 0.622 bits per heavy atom. The van der Waals surface area contributed by atoms with Crippen LogP contribution in [0.25, 0.3) is 16.8 Å². The Morgan fingerprint density at radius 3 is 1.64 bits per heavy atom. The number of aliphatic imine (C=N–C) groups is 2. The van der Waals surface area contributed by atoms with Crippen molar-refractivity contribution in [3.63, 3.8) is 0 Å². The van der Waals surface area contributed by atoms with E-state index in [1.807, 2.05) is 159 Å². The molecule has 5 nitrogen and oxygen atoms in total. The molecule has 1 atom stereocenters. The van der Waals surface area contributed by atoms with Crippen LogP contribution in [0.3, 0.4) is 0 Å². The van der Waals surface area contributed by atoms with Crippen molar-refractivity contribution in [2.24, 2.45) is 9.98 Å². The molecule has 0 aliphatic carbocycles. The Balaban J connectivity index is 1.54. The lowest BCUT2D eigenvalue weighted by Gasteiger charge is -2.30. The van der Waals surface area contributed by atoms with Gasteiger partial charge in [-0.25, -0.2) is 18.0 Å². The van der Waals surface area contributed by atoms with Crippen LogP contribution in [0.2, 0.25) is 0 Å². The van der Waals surface area contributed by atoms with Crippen LogP contribution in [-0.2, 0) is 0 Å². The molecule has 4 aromatic rings. The third-order valence-corrected chi connectivity index (χ3v) is 8.34. The van der Waals surface area contributed by atoms with Gasteiger partial charge >= 0.3 is 7.40 Å². The fourth-order valence-corrected chi connectivity index (χ4v) is 5.68. The van der Waals surface area contributed by atoms with Gasteiger partial charge in [0.15, 0.2) is 5.84 Å². The lowest BCUT2D eigenvalue weighted by atomic mass is 10.0. The van der Waals surface area contributed by atoms with Gasteiger partial charge in [0, 0.05) is 62.3 Å². The van der Waals surface area contributed by atoms with E-state index in [2.05, 4.69) is 0 Å². The van der Waals surface area contributed by atoms with Crippen LogP contribution < -0.4 is 9.80 Å². The lowest BCUT2D eigenvalue weighted by molar-refractivity contribution is -0.695. The third kappa shape index (κ3) is 5.65. The maximum atomic E-state index is 15.5. The van der Waals surface area contributed by atoms with E-state index < -0.39 is 11.8 Å². The Kier molecular flexibility index (Phi) is 8.08. The lowest BCUT2D eigenvalue weighted by Crippen LogP contribution is -2.47. The summed E-state index contributed by atoms with van der Waals surface area (Å²) >= 11 is 0. The summed E-state index contributed by atoms with van der Waals surface area (Å²) in [5, 5.41) is 0. The summed E-state index contributed by atoms with van der Waals surface area (Å²) in [6, 6.07) is 35.3. The highest BCUT2D eigenvalue weighted by molar-refractivity contribution is 6.39. The van der Waals surface area contributed by atoms with Crippen molar-refractivity contribution in [2.75, 3.05) is 45.0 Å². The molecule has 0 saturated heterocycles. The Morgan fingerprint density at radius 2 is 1.13 bits per heavy atom. The van der Waals surface area contributed by atoms with Crippen molar-refractivity contribution in [3.05, 3.63) is 149 Å². The average molecular weight is 599 g/mol. The van der Waals surface area contributed by atoms with Crippen LogP contribution in [0.4, 0.5) is 20.0 Å². The Labute approximate surface area is 264 Å². The molecule has 0 spiro atoms. The number of nitrogens with zero attached hydrogens (tertiary/aromatic N) is 5. The minimum atomic E-state index is -2.78. The van der Waals surface area contributed by atoms with Crippen molar-refractivity contribution >= 4 is 47.2 Å². The van der Waals surface area contributed by atoms with E-state index in [1.54, 1.807) is 0 Å². The molecule has 6 rings (SSSR count). The molecule has 0 aromatic heterocycles. The maximum absolute atomic E-state index is 15.5. The number of halogens is 2. The highest BCUT2D eigenvalue weighted by Gasteiger charge is 2.55. The Hall–Kier alpha value is -5.08.